The average molecular weight is 615 g/mol. The topological polar surface area (TPSA) is 170 Å². The number of benzene rings is 1. The third-order valence-corrected chi connectivity index (χ3v) is 7.75. The van der Waals surface area contributed by atoms with E-state index in [1.165, 1.54) is 43.7 Å². The van der Waals surface area contributed by atoms with Crippen molar-refractivity contribution in [1.82, 2.24) is 10.3 Å². The molecule has 10 nitrogen and oxygen atoms in total. The number of ketones is 1. The van der Waals surface area contributed by atoms with Crippen molar-refractivity contribution >= 4 is 17.7 Å². The van der Waals surface area contributed by atoms with E-state index in [1.54, 1.807) is 25.1 Å². The van der Waals surface area contributed by atoms with Crippen LogP contribution >= 0.6 is 0 Å². The Morgan fingerprint density at radius 2 is 1.64 bits per heavy atom. The van der Waals surface area contributed by atoms with Crippen molar-refractivity contribution in [3.63, 3.8) is 0 Å². The summed E-state index contributed by atoms with van der Waals surface area (Å²) in [5, 5.41) is 42.9. The first kappa shape index (κ1) is 36.7. The summed E-state index contributed by atoms with van der Waals surface area (Å²) in [4.78, 5) is 42.1. The molecule has 1 amide bonds. The summed E-state index contributed by atoms with van der Waals surface area (Å²) in [6.45, 7) is 3.25. The van der Waals surface area contributed by atoms with Crippen LogP contribution in [0.3, 0.4) is 0 Å². The van der Waals surface area contributed by atoms with Crippen molar-refractivity contribution in [3.8, 4) is 5.75 Å². The Bertz CT molecular complexity index is 1180. The van der Waals surface area contributed by atoms with Crippen LogP contribution < -0.4 is 5.32 Å². The molecule has 1 aromatic heterocycles. The number of aromatic nitrogens is 1. The minimum atomic E-state index is -2.54. The van der Waals surface area contributed by atoms with Gasteiger partial charge in [-0.15, -0.1) is 0 Å². The quantitative estimate of drug-likeness (QED) is 0.0775. The normalized spacial score (nSPS) is 14.3. The maximum atomic E-state index is 13.6. The number of unbranched alkanes of at least 4 members (excludes halogenated alkanes) is 8. The van der Waals surface area contributed by atoms with Crippen LogP contribution in [-0.2, 0) is 20.8 Å². The summed E-state index contributed by atoms with van der Waals surface area (Å²) in [5.41, 5.74) is -1.78. The number of aliphatic hydroxyl groups excluding tert-OH is 1. The average Bonchev–Trinajstić information content (AvgIpc) is 3.43. The zero-order chi connectivity index (χ0) is 32.4. The molecule has 2 aromatic rings. The number of carboxylic acids is 1. The van der Waals surface area contributed by atoms with E-state index in [9.17, 15) is 34.8 Å². The van der Waals surface area contributed by atoms with Crippen LogP contribution in [0, 0.1) is 12.8 Å². The van der Waals surface area contributed by atoms with E-state index in [1.807, 2.05) is 0 Å². The molecule has 0 saturated heterocycles. The molecule has 44 heavy (non-hydrogen) atoms. The number of allylic oxidation sites excluding steroid dienone is 1. The lowest BCUT2D eigenvalue weighted by molar-refractivity contribution is -0.168. The van der Waals surface area contributed by atoms with E-state index in [-0.39, 0.29) is 18.1 Å². The number of nitrogens with one attached hydrogen (secondary N) is 1. The lowest BCUT2D eigenvalue weighted by Crippen LogP contribution is -2.52. The maximum absolute atomic E-state index is 13.6. The summed E-state index contributed by atoms with van der Waals surface area (Å²) in [6, 6.07) is 5.61. The first-order chi connectivity index (χ1) is 21.1. The molecule has 3 atom stereocenters. The molecule has 1 aromatic carbocycles. The molecule has 1 heterocycles. The Kier molecular flexibility index (Phi) is 16.4. The van der Waals surface area contributed by atoms with E-state index in [0.717, 1.165) is 44.1 Å². The summed E-state index contributed by atoms with van der Waals surface area (Å²) in [6.07, 6.45) is 15.1. The molecular weight excluding hydrogens is 564 g/mol. The third-order valence-electron chi connectivity index (χ3n) is 7.75. The number of phenolic OH excluding ortho intramolecular Hbond substituents is 1. The van der Waals surface area contributed by atoms with Gasteiger partial charge in [-0.05, 0) is 50.3 Å². The number of Topliss-reactive ketones (excluding diaryl/α,β-unsaturated/α-hetero) is 1. The number of rotatable bonds is 23. The molecule has 0 aliphatic carbocycles. The molecule has 0 fully saturated rings. The zero-order valence-electron chi connectivity index (χ0n) is 26.2. The molecule has 0 unspecified atom stereocenters. The van der Waals surface area contributed by atoms with Gasteiger partial charge in [0.05, 0.1) is 12.1 Å². The third kappa shape index (κ3) is 12.6. The highest BCUT2D eigenvalue weighted by atomic mass is 16.4. The second-order valence-electron chi connectivity index (χ2n) is 11.5. The van der Waals surface area contributed by atoms with E-state index in [2.05, 4.69) is 17.2 Å². The lowest BCUT2D eigenvalue weighted by atomic mass is 9.83. The minimum Gasteiger partial charge on any atom is -0.508 e. The summed E-state index contributed by atoms with van der Waals surface area (Å²) in [5.74, 6) is -2.74. The molecule has 5 N–H and O–H groups in total. The fraction of sp³-hybridized carbons (Fsp3) is 0.588. The predicted octanol–water partition coefficient (Wildman–Crippen LogP) is 5.73. The van der Waals surface area contributed by atoms with Crippen molar-refractivity contribution in [2.75, 3.05) is 6.61 Å². The van der Waals surface area contributed by atoms with Crippen molar-refractivity contribution in [2.45, 2.75) is 115 Å². The number of aryl methyl sites for hydroxylation is 1. The standard InChI is InChI=1S/C34H50N2O8/c1-3-4-5-8-11-14-27(38)15-12-9-6-7-10-13-16-29(34(43,21-22-37)33(41)42)31(40)36-30(32-35-24-25(2)44-32)23-26-17-19-28(39)20-18-26/h13,16-20,24,29-30,37,39,43H,3-12,14-15,21-23H2,1-2H3,(H,36,40)(H,41,42)/b16-13+/t29-,30+,34+/m1/s1. The van der Waals surface area contributed by atoms with Gasteiger partial charge in [0.25, 0.3) is 0 Å². The minimum absolute atomic E-state index is 0.0867. The molecule has 0 saturated carbocycles. The fourth-order valence-electron chi connectivity index (χ4n) is 5.11. The predicted molar refractivity (Wildman–Crippen MR) is 167 cm³/mol. The van der Waals surface area contributed by atoms with Gasteiger partial charge in [-0.25, -0.2) is 9.78 Å². The van der Waals surface area contributed by atoms with E-state index >= 15 is 0 Å². The summed E-state index contributed by atoms with van der Waals surface area (Å²) < 4.78 is 5.66. The molecule has 244 valence electrons. The fourth-order valence-corrected chi connectivity index (χ4v) is 5.11. The largest absolute Gasteiger partial charge is 0.508 e. The van der Waals surface area contributed by atoms with Crippen LogP contribution in [0.2, 0.25) is 0 Å². The highest BCUT2D eigenvalue weighted by Crippen LogP contribution is 2.27. The Balaban J connectivity index is 2.01. The van der Waals surface area contributed by atoms with E-state index in [4.69, 9.17) is 4.42 Å². The van der Waals surface area contributed by atoms with Crippen LogP contribution in [0.5, 0.6) is 5.75 Å². The number of hydrogen-bond donors (Lipinski definition) is 5. The number of carbonyl (C=O) groups excluding carboxylic acids is 2. The highest BCUT2D eigenvalue weighted by Gasteiger charge is 2.47. The van der Waals surface area contributed by atoms with Gasteiger partial charge < -0.3 is 30.2 Å². The molecule has 0 aliphatic rings. The van der Waals surface area contributed by atoms with Crippen LogP contribution in [0.4, 0.5) is 0 Å². The monoisotopic (exact) mass is 614 g/mol. The van der Waals surface area contributed by atoms with Crippen LogP contribution in [0.25, 0.3) is 0 Å². The Hall–Kier alpha value is -3.50. The van der Waals surface area contributed by atoms with Crippen molar-refractivity contribution < 1.29 is 39.2 Å². The first-order valence-corrected chi connectivity index (χ1v) is 15.9. The van der Waals surface area contributed by atoms with E-state index < -0.39 is 42.5 Å². The number of phenols is 1. The number of nitrogens with zero attached hydrogens (tertiary/aromatic N) is 1. The van der Waals surface area contributed by atoms with Crippen LogP contribution in [0.15, 0.2) is 47.0 Å². The van der Waals surface area contributed by atoms with Gasteiger partial charge in [-0.3, -0.25) is 9.59 Å². The van der Waals surface area contributed by atoms with Crippen molar-refractivity contribution in [2.24, 2.45) is 5.92 Å². The van der Waals surface area contributed by atoms with Gasteiger partial charge in [0, 0.05) is 32.3 Å². The van der Waals surface area contributed by atoms with Crippen molar-refractivity contribution in [3.05, 3.63) is 59.8 Å². The molecular formula is C34H50N2O8. The van der Waals surface area contributed by atoms with Crippen LogP contribution in [0.1, 0.15) is 114 Å². The smallest absolute Gasteiger partial charge is 0.336 e. The number of aliphatic hydroxyl groups is 2. The lowest BCUT2D eigenvalue weighted by Gasteiger charge is -2.30. The van der Waals surface area contributed by atoms with E-state index in [0.29, 0.717) is 30.8 Å². The Morgan fingerprint density at radius 1 is 1.00 bits per heavy atom. The second kappa shape index (κ2) is 19.7. The number of oxazole rings is 1. The first-order valence-electron chi connectivity index (χ1n) is 15.9. The van der Waals surface area contributed by atoms with Crippen LogP contribution in [-0.4, -0.2) is 55.3 Å². The molecule has 0 bridgehead atoms. The molecule has 0 aliphatic heterocycles. The zero-order valence-corrected chi connectivity index (χ0v) is 26.2. The molecule has 2 rings (SSSR count). The van der Waals surface area contributed by atoms with Gasteiger partial charge in [-0.1, -0.05) is 69.7 Å². The number of amides is 1. The van der Waals surface area contributed by atoms with Crippen molar-refractivity contribution in [1.29, 1.82) is 0 Å². The molecule has 10 heteroatoms. The number of aliphatic carboxylic acids is 1. The second-order valence-corrected chi connectivity index (χ2v) is 11.5. The number of carboxylic acid groups (broad SMARTS) is 1. The van der Waals surface area contributed by atoms with Gasteiger partial charge >= 0.3 is 5.97 Å². The number of hydrogen-bond acceptors (Lipinski definition) is 8. The molecule has 0 spiro atoms. The Labute approximate surface area is 260 Å². The number of aromatic hydroxyl groups is 1. The maximum Gasteiger partial charge on any atom is 0.336 e. The SMILES string of the molecule is CCCCCCCC(=O)CCCCCC/C=C/[C@H](C(=O)N[C@@H](Cc1ccc(O)cc1)c1ncc(C)o1)[C@@](O)(CCO)C(=O)O. The van der Waals surface area contributed by atoms with Gasteiger partial charge in [0.2, 0.25) is 11.8 Å². The summed E-state index contributed by atoms with van der Waals surface area (Å²) in [7, 11) is 0. The van der Waals surface area contributed by atoms with Gasteiger partial charge in [-0.2, -0.15) is 0 Å². The van der Waals surface area contributed by atoms with Gasteiger partial charge in [0.15, 0.2) is 5.60 Å². The Morgan fingerprint density at radius 3 is 2.20 bits per heavy atom. The molecule has 0 radical (unpaired) electrons. The van der Waals surface area contributed by atoms with Gasteiger partial charge in [0.1, 0.15) is 23.3 Å². The highest BCUT2D eigenvalue weighted by molar-refractivity contribution is 5.90. The number of carbonyl (C=O) groups is 3. The summed E-state index contributed by atoms with van der Waals surface area (Å²) >= 11 is 0.